The molecule has 0 aliphatic heterocycles. The molecule has 0 spiro atoms. The fourth-order valence-corrected chi connectivity index (χ4v) is 0. The third-order valence-electron chi connectivity index (χ3n) is 0.816. The topological polar surface area (TPSA) is 92.2 Å². The van der Waals surface area contributed by atoms with Crippen LogP contribution in [0.15, 0.2) is 0 Å². The van der Waals surface area contributed by atoms with Gasteiger partial charge in [-0.2, -0.15) is 0 Å². The Labute approximate surface area is 131 Å². The Bertz CT molecular complexity index is 42.5. The van der Waals surface area contributed by atoms with Crippen molar-refractivity contribution in [2.24, 2.45) is 0 Å². The molecule has 0 aromatic rings. The van der Waals surface area contributed by atoms with E-state index in [1.165, 1.54) is 0 Å². The van der Waals surface area contributed by atoms with Gasteiger partial charge in [0.05, 0.1) is 0 Å². The minimum Gasteiger partial charge on any atom is -0.854 e. The quantitative estimate of drug-likeness (QED) is 0.524. The molecule has 0 heterocycles. The molecule has 0 bridgehead atoms. The molecule has 5 heteroatoms. The van der Waals surface area contributed by atoms with E-state index < -0.39 is 0 Å². The molecular weight excluding hydrogens is 446 g/mol. The van der Waals surface area contributed by atoms with Gasteiger partial charge in [-0.25, -0.2) is 0 Å². The molecular formula is C12H28O4U. The summed E-state index contributed by atoms with van der Waals surface area (Å²) < 4.78 is 0. The van der Waals surface area contributed by atoms with Gasteiger partial charge in [-0.1, -0.05) is 53.4 Å². The van der Waals surface area contributed by atoms with E-state index in [2.05, 4.69) is 0 Å². The van der Waals surface area contributed by atoms with Crippen LogP contribution in [0.5, 0.6) is 0 Å². The molecule has 0 N–H and O–H groups in total. The van der Waals surface area contributed by atoms with Gasteiger partial charge in [-0.15, -0.1) is 26.4 Å². The third-order valence-corrected chi connectivity index (χ3v) is 0.816. The Morgan fingerprint density at radius 2 is 0.529 bits per heavy atom. The van der Waals surface area contributed by atoms with Crippen LogP contribution in [0.1, 0.15) is 53.4 Å². The Hall–Kier alpha value is 0.892. The summed E-state index contributed by atoms with van der Waals surface area (Å²) in [5.41, 5.74) is 0. The second kappa shape index (κ2) is 54.0. The van der Waals surface area contributed by atoms with Crippen LogP contribution in [0.4, 0.5) is 0 Å². The van der Waals surface area contributed by atoms with Crippen molar-refractivity contribution in [2.75, 3.05) is 26.4 Å². The molecule has 0 rings (SSSR count). The smallest absolute Gasteiger partial charge is 0.854 e. The number of rotatable bonds is 4. The molecule has 4 nitrogen and oxygen atoms in total. The standard InChI is InChI=1S/4C3H7O.U/c4*1-2-3-4;/h4*2-3H2,1H3;/q4*-1;+4. The maximum atomic E-state index is 9.30. The summed E-state index contributed by atoms with van der Waals surface area (Å²) in [7, 11) is 0. The summed E-state index contributed by atoms with van der Waals surface area (Å²) in [6.07, 6.45) is 3.06. The first-order chi connectivity index (χ1) is 7.66. The Morgan fingerprint density at radius 3 is 0.529 bits per heavy atom. The molecule has 0 amide bonds. The van der Waals surface area contributed by atoms with Crippen LogP contribution >= 0.6 is 0 Å². The largest absolute Gasteiger partial charge is 4.00 e. The fourth-order valence-electron chi connectivity index (χ4n) is 0. The second-order valence-corrected chi connectivity index (χ2v) is 2.82. The van der Waals surface area contributed by atoms with Crippen LogP contribution in [0.25, 0.3) is 0 Å². The van der Waals surface area contributed by atoms with E-state index >= 15 is 0 Å². The van der Waals surface area contributed by atoms with Crippen molar-refractivity contribution < 1.29 is 51.5 Å². The van der Waals surface area contributed by atoms with Gasteiger partial charge in [-0.3, -0.25) is 0 Å². The summed E-state index contributed by atoms with van der Waals surface area (Å²) in [4.78, 5) is 0. The van der Waals surface area contributed by atoms with Crippen molar-refractivity contribution in [3.05, 3.63) is 0 Å². The first kappa shape index (κ1) is 30.7. The van der Waals surface area contributed by atoms with Crippen molar-refractivity contribution in [2.45, 2.75) is 53.4 Å². The molecule has 17 heavy (non-hydrogen) atoms. The van der Waals surface area contributed by atoms with Crippen molar-refractivity contribution in [3.8, 4) is 0 Å². The first-order valence-electron chi connectivity index (χ1n) is 5.98. The summed E-state index contributed by atoms with van der Waals surface area (Å²) >= 11 is 0. The van der Waals surface area contributed by atoms with Crippen LogP contribution in [0.2, 0.25) is 0 Å². The van der Waals surface area contributed by atoms with Crippen molar-refractivity contribution in [3.63, 3.8) is 0 Å². The summed E-state index contributed by atoms with van der Waals surface area (Å²) in [6, 6.07) is 0. The average Bonchev–Trinajstić information content (AvgIpc) is 2.39. The van der Waals surface area contributed by atoms with Crippen molar-refractivity contribution in [1.29, 1.82) is 0 Å². The van der Waals surface area contributed by atoms with E-state index in [9.17, 15) is 20.4 Å². The molecule has 0 fully saturated rings. The zero-order valence-electron chi connectivity index (χ0n) is 11.8. The van der Waals surface area contributed by atoms with Crippen LogP contribution in [0, 0.1) is 31.1 Å². The van der Waals surface area contributed by atoms with Gasteiger partial charge in [0, 0.05) is 0 Å². The van der Waals surface area contributed by atoms with Crippen LogP contribution in [0.3, 0.4) is 0 Å². The summed E-state index contributed by atoms with van der Waals surface area (Å²) in [5, 5.41) is 37.2. The molecule has 0 aliphatic rings. The molecule has 0 aromatic carbocycles. The first-order valence-corrected chi connectivity index (χ1v) is 5.98. The van der Waals surface area contributed by atoms with E-state index in [1.807, 2.05) is 27.7 Å². The summed E-state index contributed by atoms with van der Waals surface area (Å²) in [6.45, 7) is 7.75. The van der Waals surface area contributed by atoms with E-state index in [0.29, 0.717) is 0 Å². The molecule has 0 saturated carbocycles. The second-order valence-electron chi connectivity index (χ2n) is 2.82. The van der Waals surface area contributed by atoms with Crippen molar-refractivity contribution >= 4 is 0 Å². The van der Waals surface area contributed by atoms with Gasteiger partial charge in [0.1, 0.15) is 0 Å². The molecule has 0 unspecified atom stereocenters. The average molecular weight is 474 g/mol. The Morgan fingerprint density at radius 1 is 0.471 bits per heavy atom. The molecule has 0 saturated heterocycles. The monoisotopic (exact) mass is 474 g/mol. The zero-order chi connectivity index (χ0) is 13.7. The molecule has 0 radical (unpaired) electrons. The van der Waals surface area contributed by atoms with Gasteiger partial charge in [-0.05, 0) is 0 Å². The number of hydrogen-bond acceptors (Lipinski definition) is 4. The van der Waals surface area contributed by atoms with E-state index in [-0.39, 0.29) is 57.5 Å². The van der Waals surface area contributed by atoms with Gasteiger partial charge in [0.2, 0.25) is 0 Å². The molecule has 0 aliphatic carbocycles. The maximum absolute atomic E-state index is 9.30. The SMILES string of the molecule is CCC[O-].CCC[O-].CCC[O-].CCC[O-].[U+4]. The third kappa shape index (κ3) is 157. The Kier molecular flexibility index (Phi) is 97.5. The van der Waals surface area contributed by atoms with Gasteiger partial charge in [0.15, 0.2) is 0 Å². The number of hydrogen-bond donors (Lipinski definition) is 0. The molecule has 0 aromatic heterocycles. The van der Waals surface area contributed by atoms with Crippen LogP contribution in [-0.4, -0.2) is 26.4 Å². The molecule has 0 atom stereocenters. The molecule has 104 valence electrons. The van der Waals surface area contributed by atoms with Gasteiger partial charge >= 0.3 is 31.1 Å². The predicted octanol–water partition coefficient (Wildman–Crippen LogP) is -0.973. The van der Waals surface area contributed by atoms with E-state index in [4.69, 9.17) is 0 Å². The van der Waals surface area contributed by atoms with Crippen LogP contribution < -0.4 is 20.4 Å². The minimum atomic E-state index is 0. The predicted molar refractivity (Wildman–Crippen MR) is 60.6 cm³/mol. The fraction of sp³-hybridized carbons (Fsp3) is 1.00. The summed E-state index contributed by atoms with van der Waals surface area (Å²) in [5.74, 6) is 0. The van der Waals surface area contributed by atoms with E-state index in [1.54, 1.807) is 0 Å². The minimum absolute atomic E-state index is 0. The normalized spacial score (nSPS) is 7.06. The van der Waals surface area contributed by atoms with Crippen LogP contribution in [-0.2, 0) is 0 Å². The van der Waals surface area contributed by atoms with Gasteiger partial charge < -0.3 is 20.4 Å². The van der Waals surface area contributed by atoms with Gasteiger partial charge in [0.25, 0.3) is 0 Å². The zero-order valence-corrected chi connectivity index (χ0v) is 16.0. The Balaban J connectivity index is -0.0000000369. The van der Waals surface area contributed by atoms with Crippen molar-refractivity contribution in [1.82, 2.24) is 0 Å². The van der Waals surface area contributed by atoms with E-state index in [0.717, 1.165) is 25.7 Å². The maximum Gasteiger partial charge on any atom is 4.00 e.